The Kier molecular flexibility index (Phi) is 4.23. The van der Waals surface area contributed by atoms with E-state index in [1.54, 1.807) is 42.6 Å². The zero-order chi connectivity index (χ0) is 17.5. The molecule has 0 atom stereocenters. The van der Waals surface area contributed by atoms with Crippen molar-refractivity contribution in [2.75, 3.05) is 11.6 Å². The number of halogens is 1. The molecule has 2 N–H and O–H groups in total. The van der Waals surface area contributed by atoms with Gasteiger partial charge in [0, 0.05) is 39.8 Å². The molecule has 0 aliphatic heterocycles. The maximum atomic E-state index is 12.0. The van der Waals surface area contributed by atoms with E-state index in [9.17, 15) is 13.5 Å². The topological polar surface area (TPSA) is 79.3 Å². The number of hydrogen-bond donors (Lipinski definition) is 2. The van der Waals surface area contributed by atoms with Crippen LogP contribution in [0.2, 0.25) is 0 Å². The van der Waals surface area contributed by atoms with E-state index in [1.165, 1.54) is 6.26 Å². The molecule has 0 fully saturated rings. The number of anilines is 2. The van der Waals surface area contributed by atoms with Crippen molar-refractivity contribution in [3.8, 4) is 5.75 Å². The zero-order valence-electron chi connectivity index (χ0n) is 13.0. The lowest BCUT2D eigenvalue weighted by molar-refractivity contribution is 0.475. The van der Waals surface area contributed by atoms with Crippen molar-refractivity contribution in [2.24, 2.45) is 0 Å². The van der Waals surface area contributed by atoms with E-state index < -0.39 is 9.84 Å². The quantitative estimate of drug-likeness (QED) is 0.682. The monoisotopic (exact) mass is 406 g/mol. The van der Waals surface area contributed by atoms with E-state index in [0.717, 1.165) is 11.3 Å². The molecule has 1 aromatic heterocycles. The van der Waals surface area contributed by atoms with Crippen LogP contribution >= 0.6 is 15.9 Å². The standard InChI is InChI=1S/C17H15BrN2O3S/c1-10-3-4-11(21)7-15(10)20-14-5-6-19-16-9-13(18)17(8-12(14)16)24(2,22)23/h3-9,21H,1-2H3,(H,19,20). The number of phenolic OH excluding ortho intramolecular Hbond substituents is 1. The number of sulfone groups is 1. The Bertz CT molecular complexity index is 1050. The highest BCUT2D eigenvalue weighted by Crippen LogP contribution is 2.33. The summed E-state index contributed by atoms with van der Waals surface area (Å²) < 4.78 is 24.4. The molecule has 2 aromatic carbocycles. The van der Waals surface area contributed by atoms with Crippen LogP contribution in [-0.2, 0) is 9.84 Å². The fourth-order valence-electron chi connectivity index (χ4n) is 2.43. The molecule has 7 heteroatoms. The third-order valence-electron chi connectivity index (χ3n) is 3.69. The number of hydrogen-bond acceptors (Lipinski definition) is 5. The van der Waals surface area contributed by atoms with E-state index in [-0.39, 0.29) is 10.6 Å². The molecular weight excluding hydrogens is 392 g/mol. The average molecular weight is 407 g/mol. The molecule has 3 rings (SSSR count). The van der Waals surface area contributed by atoms with Crippen molar-refractivity contribution in [1.29, 1.82) is 0 Å². The molecule has 124 valence electrons. The van der Waals surface area contributed by atoms with Crippen LogP contribution < -0.4 is 5.32 Å². The molecule has 0 saturated carbocycles. The highest BCUT2D eigenvalue weighted by atomic mass is 79.9. The summed E-state index contributed by atoms with van der Waals surface area (Å²) in [6.07, 6.45) is 2.82. The number of phenols is 1. The van der Waals surface area contributed by atoms with Crippen LogP contribution in [-0.4, -0.2) is 24.8 Å². The molecule has 24 heavy (non-hydrogen) atoms. The normalized spacial score (nSPS) is 11.6. The second-order valence-electron chi connectivity index (χ2n) is 5.55. The van der Waals surface area contributed by atoms with Crippen LogP contribution in [0.15, 0.2) is 52.0 Å². The summed E-state index contributed by atoms with van der Waals surface area (Å²) in [6.45, 7) is 1.92. The fraction of sp³-hybridized carbons (Fsp3) is 0.118. The first kappa shape index (κ1) is 16.7. The molecule has 0 amide bonds. The third-order valence-corrected chi connectivity index (χ3v) is 5.74. The Morgan fingerprint density at radius 1 is 1.12 bits per heavy atom. The molecule has 0 bridgehead atoms. The van der Waals surface area contributed by atoms with E-state index in [0.29, 0.717) is 21.1 Å². The van der Waals surface area contributed by atoms with E-state index in [2.05, 4.69) is 26.2 Å². The van der Waals surface area contributed by atoms with E-state index >= 15 is 0 Å². The van der Waals surface area contributed by atoms with Gasteiger partial charge < -0.3 is 10.4 Å². The number of aromatic nitrogens is 1. The van der Waals surface area contributed by atoms with Gasteiger partial charge in [-0.3, -0.25) is 4.98 Å². The Labute approximate surface area is 148 Å². The number of rotatable bonds is 3. The second kappa shape index (κ2) is 6.07. The second-order valence-corrected chi connectivity index (χ2v) is 8.39. The average Bonchev–Trinajstić information content (AvgIpc) is 2.49. The van der Waals surface area contributed by atoms with E-state index in [1.807, 2.05) is 6.92 Å². The Morgan fingerprint density at radius 2 is 1.88 bits per heavy atom. The van der Waals surface area contributed by atoms with Gasteiger partial charge in [-0.25, -0.2) is 8.42 Å². The smallest absolute Gasteiger partial charge is 0.176 e. The molecule has 1 heterocycles. The van der Waals surface area contributed by atoms with Gasteiger partial charge in [0.15, 0.2) is 9.84 Å². The summed E-state index contributed by atoms with van der Waals surface area (Å²) in [5.74, 6) is 0.154. The highest BCUT2D eigenvalue weighted by molar-refractivity contribution is 9.10. The van der Waals surface area contributed by atoms with Crippen molar-refractivity contribution in [3.05, 3.63) is 52.6 Å². The van der Waals surface area contributed by atoms with Crippen LogP contribution in [0.3, 0.4) is 0 Å². The van der Waals surface area contributed by atoms with Gasteiger partial charge in [-0.2, -0.15) is 0 Å². The van der Waals surface area contributed by atoms with Gasteiger partial charge >= 0.3 is 0 Å². The van der Waals surface area contributed by atoms with Crippen molar-refractivity contribution >= 4 is 48.0 Å². The largest absolute Gasteiger partial charge is 0.508 e. The summed E-state index contributed by atoms with van der Waals surface area (Å²) >= 11 is 3.29. The first-order chi connectivity index (χ1) is 11.3. The number of pyridine rings is 1. The third kappa shape index (κ3) is 3.22. The maximum absolute atomic E-state index is 12.0. The van der Waals surface area contributed by atoms with Crippen LogP contribution in [0.4, 0.5) is 11.4 Å². The molecule has 0 unspecified atom stereocenters. The molecule has 0 spiro atoms. The summed E-state index contributed by atoms with van der Waals surface area (Å²) in [6, 6.07) is 10.1. The fourth-order valence-corrected chi connectivity index (χ4v) is 4.39. The predicted molar refractivity (Wildman–Crippen MR) is 98.7 cm³/mol. The van der Waals surface area contributed by atoms with E-state index in [4.69, 9.17) is 0 Å². The summed E-state index contributed by atoms with van der Waals surface area (Å²) in [5, 5.41) is 13.6. The molecule has 0 radical (unpaired) electrons. The van der Waals surface area contributed by atoms with Crippen molar-refractivity contribution in [2.45, 2.75) is 11.8 Å². The SMILES string of the molecule is Cc1ccc(O)cc1Nc1ccnc2cc(Br)c(S(C)(=O)=O)cc12. The molecule has 0 aliphatic carbocycles. The summed E-state index contributed by atoms with van der Waals surface area (Å²) in [5.41, 5.74) is 3.08. The van der Waals surface area contributed by atoms with Gasteiger partial charge in [0.2, 0.25) is 0 Å². The number of fused-ring (bicyclic) bond motifs is 1. The number of benzene rings is 2. The van der Waals surface area contributed by atoms with Crippen molar-refractivity contribution in [1.82, 2.24) is 4.98 Å². The first-order valence-electron chi connectivity index (χ1n) is 7.10. The number of aromatic hydroxyl groups is 1. The van der Waals surface area contributed by atoms with Crippen LogP contribution in [0, 0.1) is 6.92 Å². The zero-order valence-corrected chi connectivity index (χ0v) is 15.4. The highest BCUT2D eigenvalue weighted by Gasteiger charge is 2.15. The van der Waals surface area contributed by atoms with Gasteiger partial charge in [-0.1, -0.05) is 6.07 Å². The molecule has 0 aliphatic rings. The van der Waals surface area contributed by atoms with Crippen LogP contribution in [0.1, 0.15) is 5.56 Å². The lowest BCUT2D eigenvalue weighted by Gasteiger charge is -2.13. The van der Waals surface area contributed by atoms with Crippen LogP contribution in [0.5, 0.6) is 5.75 Å². The number of nitrogens with one attached hydrogen (secondary N) is 1. The molecule has 3 aromatic rings. The lowest BCUT2D eigenvalue weighted by atomic mass is 10.1. The predicted octanol–water partition coefficient (Wildman–Crippen LogP) is 4.16. The Hall–Kier alpha value is -2.12. The lowest BCUT2D eigenvalue weighted by Crippen LogP contribution is -2.00. The Balaban J connectivity index is 2.20. The minimum Gasteiger partial charge on any atom is -0.508 e. The van der Waals surface area contributed by atoms with Gasteiger partial charge in [0.1, 0.15) is 5.75 Å². The van der Waals surface area contributed by atoms with Gasteiger partial charge in [-0.15, -0.1) is 0 Å². The van der Waals surface area contributed by atoms with Crippen molar-refractivity contribution < 1.29 is 13.5 Å². The number of aryl methyl sites for hydroxylation is 1. The number of nitrogens with zero attached hydrogens (tertiary/aromatic N) is 1. The van der Waals surface area contributed by atoms with Gasteiger partial charge in [0.05, 0.1) is 10.4 Å². The molecule has 5 nitrogen and oxygen atoms in total. The van der Waals surface area contributed by atoms with Crippen molar-refractivity contribution in [3.63, 3.8) is 0 Å². The molecule has 0 saturated heterocycles. The first-order valence-corrected chi connectivity index (χ1v) is 9.79. The van der Waals surface area contributed by atoms with Gasteiger partial charge in [-0.05, 0) is 52.7 Å². The minimum atomic E-state index is -3.37. The molecular formula is C17H15BrN2O3S. The minimum absolute atomic E-state index is 0.154. The van der Waals surface area contributed by atoms with Gasteiger partial charge in [0.25, 0.3) is 0 Å². The van der Waals surface area contributed by atoms with Crippen LogP contribution in [0.25, 0.3) is 10.9 Å². The maximum Gasteiger partial charge on any atom is 0.176 e. The summed E-state index contributed by atoms with van der Waals surface area (Å²) in [4.78, 5) is 4.50. The summed E-state index contributed by atoms with van der Waals surface area (Å²) in [7, 11) is -3.37. The Morgan fingerprint density at radius 3 is 2.58 bits per heavy atom.